The van der Waals surface area contributed by atoms with Crippen LogP contribution in [0.1, 0.15) is 23.6 Å². The van der Waals surface area contributed by atoms with Crippen LogP contribution in [-0.4, -0.2) is 67.5 Å². The molecule has 8 heteroatoms. The number of anilines is 1. The molecule has 8 nitrogen and oxygen atoms in total. The molecule has 1 N–H and O–H groups in total. The first-order valence-corrected chi connectivity index (χ1v) is 11.1. The van der Waals surface area contributed by atoms with Gasteiger partial charge in [-0.1, -0.05) is 24.3 Å². The lowest BCUT2D eigenvalue weighted by Crippen LogP contribution is -2.52. The van der Waals surface area contributed by atoms with E-state index in [4.69, 9.17) is 4.74 Å². The molecule has 2 aromatic carbocycles. The Balaban J connectivity index is 1.40. The van der Waals surface area contributed by atoms with E-state index in [1.165, 1.54) is 16.8 Å². The predicted molar refractivity (Wildman–Crippen MR) is 125 cm³/mol. The summed E-state index contributed by atoms with van der Waals surface area (Å²) >= 11 is 0. The smallest absolute Gasteiger partial charge is 0.325 e. The molecule has 0 radical (unpaired) electrons. The van der Waals surface area contributed by atoms with Gasteiger partial charge in [0.25, 0.3) is 5.91 Å². The lowest BCUT2D eigenvalue weighted by Gasteiger charge is -2.37. The Morgan fingerprint density at radius 3 is 2.33 bits per heavy atom. The fourth-order valence-electron chi connectivity index (χ4n) is 4.47. The van der Waals surface area contributed by atoms with Crippen molar-refractivity contribution in [3.63, 3.8) is 0 Å². The molecule has 2 heterocycles. The molecule has 0 aliphatic carbocycles. The first-order valence-electron chi connectivity index (χ1n) is 11.1. The van der Waals surface area contributed by atoms with E-state index in [0.29, 0.717) is 37.5 Å². The molecule has 0 aromatic heterocycles. The third-order valence-electron chi connectivity index (χ3n) is 6.78. The maximum atomic E-state index is 13.1. The summed E-state index contributed by atoms with van der Waals surface area (Å²) in [5, 5.41) is 2.75. The van der Waals surface area contributed by atoms with Crippen LogP contribution in [0, 0.1) is 13.8 Å². The van der Waals surface area contributed by atoms with E-state index in [-0.39, 0.29) is 12.5 Å². The van der Waals surface area contributed by atoms with E-state index in [9.17, 15) is 14.4 Å². The van der Waals surface area contributed by atoms with E-state index in [0.717, 1.165) is 4.90 Å². The SMILES string of the molecule is COc1ccc(C2(C)NC(=O)N(CC(=O)N3CCN(c4cccc(C)c4C)CC3)C2=O)cc1. The Bertz CT molecular complexity index is 1080. The molecule has 33 heavy (non-hydrogen) atoms. The summed E-state index contributed by atoms with van der Waals surface area (Å²) in [6.07, 6.45) is 0. The molecular weight excluding hydrogens is 420 g/mol. The van der Waals surface area contributed by atoms with Gasteiger partial charge in [0.1, 0.15) is 17.8 Å². The highest BCUT2D eigenvalue weighted by atomic mass is 16.5. The molecule has 2 saturated heterocycles. The summed E-state index contributed by atoms with van der Waals surface area (Å²) in [6, 6.07) is 12.7. The van der Waals surface area contributed by atoms with Crippen LogP contribution < -0.4 is 15.0 Å². The van der Waals surface area contributed by atoms with Gasteiger partial charge >= 0.3 is 6.03 Å². The number of benzene rings is 2. The van der Waals surface area contributed by atoms with E-state index in [1.54, 1.807) is 43.2 Å². The van der Waals surface area contributed by atoms with Crippen LogP contribution in [0.5, 0.6) is 5.75 Å². The molecule has 0 bridgehead atoms. The average Bonchev–Trinajstić information content (AvgIpc) is 3.04. The molecule has 0 saturated carbocycles. The zero-order valence-electron chi connectivity index (χ0n) is 19.6. The van der Waals surface area contributed by atoms with Crippen molar-refractivity contribution in [1.82, 2.24) is 15.1 Å². The van der Waals surface area contributed by atoms with Gasteiger partial charge in [-0.05, 0) is 55.7 Å². The molecule has 1 unspecified atom stereocenters. The molecule has 4 amide bonds. The second-order valence-corrected chi connectivity index (χ2v) is 8.76. The average molecular weight is 451 g/mol. The van der Waals surface area contributed by atoms with Crippen molar-refractivity contribution in [2.75, 3.05) is 44.7 Å². The number of nitrogens with one attached hydrogen (secondary N) is 1. The van der Waals surface area contributed by atoms with Gasteiger partial charge in [-0.25, -0.2) is 4.79 Å². The fraction of sp³-hybridized carbons (Fsp3) is 0.400. The Kier molecular flexibility index (Phi) is 6.01. The molecule has 174 valence electrons. The second-order valence-electron chi connectivity index (χ2n) is 8.76. The largest absolute Gasteiger partial charge is 0.497 e. The first kappa shape index (κ1) is 22.6. The zero-order valence-corrected chi connectivity index (χ0v) is 19.6. The van der Waals surface area contributed by atoms with Gasteiger partial charge in [-0.15, -0.1) is 0 Å². The molecule has 1 atom stereocenters. The number of imide groups is 1. The van der Waals surface area contributed by atoms with Crippen molar-refractivity contribution >= 4 is 23.5 Å². The third kappa shape index (κ3) is 4.13. The van der Waals surface area contributed by atoms with Crippen LogP contribution in [0.15, 0.2) is 42.5 Å². The van der Waals surface area contributed by atoms with Gasteiger partial charge in [0.05, 0.1) is 7.11 Å². The number of hydrogen-bond donors (Lipinski definition) is 1. The Morgan fingerprint density at radius 2 is 1.70 bits per heavy atom. The molecule has 4 rings (SSSR count). The van der Waals surface area contributed by atoms with Crippen LogP contribution in [0.4, 0.5) is 10.5 Å². The van der Waals surface area contributed by atoms with Crippen LogP contribution in [0.25, 0.3) is 0 Å². The quantitative estimate of drug-likeness (QED) is 0.708. The summed E-state index contributed by atoms with van der Waals surface area (Å²) < 4.78 is 5.17. The Labute approximate surface area is 194 Å². The fourth-order valence-corrected chi connectivity index (χ4v) is 4.47. The number of methoxy groups -OCH3 is 1. The summed E-state index contributed by atoms with van der Waals surface area (Å²) in [4.78, 5) is 43.7. The number of piperazine rings is 1. The molecular formula is C25H30N4O4. The number of carbonyl (C=O) groups is 3. The Hall–Kier alpha value is -3.55. The number of aryl methyl sites for hydroxylation is 1. The minimum atomic E-state index is -1.22. The number of urea groups is 1. The van der Waals surface area contributed by atoms with Gasteiger partial charge in [0.15, 0.2) is 0 Å². The zero-order chi connectivity index (χ0) is 23.8. The van der Waals surface area contributed by atoms with Crippen LogP contribution in [0.3, 0.4) is 0 Å². The lowest BCUT2D eigenvalue weighted by molar-refractivity contribution is -0.139. The van der Waals surface area contributed by atoms with Crippen molar-refractivity contribution < 1.29 is 19.1 Å². The van der Waals surface area contributed by atoms with Crippen LogP contribution in [0.2, 0.25) is 0 Å². The van der Waals surface area contributed by atoms with Gasteiger partial charge in [-0.2, -0.15) is 0 Å². The van der Waals surface area contributed by atoms with Crippen LogP contribution >= 0.6 is 0 Å². The highest BCUT2D eigenvalue weighted by Gasteiger charge is 2.49. The minimum Gasteiger partial charge on any atom is -0.497 e. The molecule has 2 fully saturated rings. The van der Waals surface area contributed by atoms with E-state index in [2.05, 4.69) is 36.2 Å². The van der Waals surface area contributed by atoms with Gasteiger partial charge in [0, 0.05) is 31.9 Å². The van der Waals surface area contributed by atoms with E-state index < -0.39 is 17.5 Å². The summed E-state index contributed by atoms with van der Waals surface area (Å²) in [7, 11) is 1.56. The highest BCUT2D eigenvalue weighted by molar-refractivity contribution is 6.09. The molecule has 2 aromatic rings. The molecule has 0 spiro atoms. The van der Waals surface area contributed by atoms with Crippen molar-refractivity contribution in [2.24, 2.45) is 0 Å². The number of nitrogens with zero attached hydrogens (tertiary/aromatic N) is 3. The number of carbonyl (C=O) groups excluding carboxylic acids is 3. The van der Waals surface area contributed by atoms with Crippen molar-refractivity contribution in [3.8, 4) is 5.75 Å². The standard InChI is InChI=1S/C25H30N4O4/c1-17-6-5-7-21(18(17)2)27-12-14-28(15-13-27)22(30)16-29-23(31)25(3,26-24(29)32)19-8-10-20(33-4)11-9-19/h5-11H,12-16H2,1-4H3,(H,26,32). The van der Waals surface area contributed by atoms with E-state index in [1.807, 2.05) is 6.07 Å². The maximum Gasteiger partial charge on any atom is 0.325 e. The summed E-state index contributed by atoms with van der Waals surface area (Å²) in [5.41, 5.74) is 3.09. The van der Waals surface area contributed by atoms with Gasteiger partial charge in [-0.3, -0.25) is 14.5 Å². The van der Waals surface area contributed by atoms with Gasteiger partial charge < -0.3 is 19.9 Å². The normalized spacial score (nSPS) is 20.8. The topological polar surface area (TPSA) is 82.2 Å². The summed E-state index contributed by atoms with van der Waals surface area (Å²) in [5.74, 6) is 0.00397. The van der Waals surface area contributed by atoms with E-state index >= 15 is 0 Å². The first-order chi connectivity index (χ1) is 15.7. The van der Waals surface area contributed by atoms with Crippen molar-refractivity contribution in [1.29, 1.82) is 0 Å². The predicted octanol–water partition coefficient (Wildman–Crippen LogP) is 2.43. The Morgan fingerprint density at radius 1 is 1.03 bits per heavy atom. The number of ether oxygens (including phenoxy) is 1. The van der Waals surface area contributed by atoms with Gasteiger partial charge in [0.2, 0.25) is 5.91 Å². The van der Waals surface area contributed by atoms with Crippen molar-refractivity contribution in [3.05, 3.63) is 59.2 Å². The van der Waals surface area contributed by atoms with Crippen LogP contribution in [-0.2, 0) is 15.1 Å². The number of amides is 4. The lowest BCUT2D eigenvalue weighted by atomic mass is 9.92. The van der Waals surface area contributed by atoms with Crippen molar-refractivity contribution in [2.45, 2.75) is 26.3 Å². The molecule has 2 aliphatic heterocycles. The number of rotatable bonds is 5. The monoisotopic (exact) mass is 450 g/mol. The second kappa shape index (κ2) is 8.77. The summed E-state index contributed by atoms with van der Waals surface area (Å²) in [6.45, 7) is 8.11. The highest BCUT2D eigenvalue weighted by Crippen LogP contribution is 2.30. The molecule has 2 aliphatic rings. The minimum absolute atomic E-state index is 0.224. The number of hydrogen-bond acceptors (Lipinski definition) is 5. The maximum absolute atomic E-state index is 13.1. The third-order valence-corrected chi connectivity index (χ3v) is 6.78.